The molecule has 3 nitrogen and oxygen atoms in total. The van der Waals surface area contributed by atoms with E-state index >= 15 is 0 Å². The summed E-state index contributed by atoms with van der Waals surface area (Å²) in [5, 5.41) is 11.9. The zero-order chi connectivity index (χ0) is 22.2. The summed E-state index contributed by atoms with van der Waals surface area (Å²) in [5.41, 5.74) is -0.733. The number of carboxylic acid groups (broad SMARTS) is 1. The number of carboxylic acids is 1. The molecule has 0 aliphatic rings. The Kier molecular flexibility index (Phi) is 15.8. The molecule has 0 radical (unpaired) electrons. The summed E-state index contributed by atoms with van der Waals surface area (Å²) in [5.74, 6) is -0.00695. The first-order valence-electron chi connectivity index (χ1n) is 12.7. The second-order valence-electron chi connectivity index (χ2n) is 10.6. The first-order valence-corrected chi connectivity index (χ1v) is 12.7. The van der Waals surface area contributed by atoms with Gasteiger partial charge in [-0.3, -0.25) is 0 Å². The van der Waals surface area contributed by atoms with Gasteiger partial charge in [-0.15, -0.1) is 0 Å². The van der Waals surface area contributed by atoms with Gasteiger partial charge in [0, 0.05) is 12.8 Å². The predicted octanol–water partition coefficient (Wildman–Crippen LogP) is 6.49. The third-order valence-corrected chi connectivity index (χ3v) is 6.70. The Hall–Kier alpha value is -0.570. The van der Waals surface area contributed by atoms with Gasteiger partial charge in [-0.25, -0.2) is 0 Å². The zero-order valence-corrected chi connectivity index (χ0v) is 20.9. The Morgan fingerprint density at radius 3 is 1.41 bits per heavy atom. The predicted molar refractivity (Wildman–Crippen MR) is 125 cm³/mol. The highest BCUT2D eigenvalue weighted by Gasteiger charge is 2.43. The van der Waals surface area contributed by atoms with Crippen LogP contribution < -0.4 is 5.11 Å². The van der Waals surface area contributed by atoms with E-state index in [4.69, 9.17) is 0 Å². The second-order valence-corrected chi connectivity index (χ2v) is 10.6. The van der Waals surface area contributed by atoms with E-state index in [-0.39, 0.29) is 0 Å². The van der Waals surface area contributed by atoms with Crippen LogP contribution in [0.25, 0.3) is 0 Å². The molecule has 0 saturated heterocycles. The van der Waals surface area contributed by atoms with Crippen molar-refractivity contribution < 1.29 is 14.4 Å². The molecule has 0 bridgehead atoms. The van der Waals surface area contributed by atoms with Crippen molar-refractivity contribution in [3.63, 3.8) is 0 Å². The maximum absolute atomic E-state index is 11.9. The normalized spacial score (nSPS) is 14.3. The zero-order valence-electron chi connectivity index (χ0n) is 20.9. The van der Waals surface area contributed by atoms with E-state index in [0.717, 1.165) is 31.6 Å². The molecular weight excluding hydrogens is 358 g/mol. The number of quaternary nitrogens is 1. The third-order valence-electron chi connectivity index (χ3n) is 6.70. The highest BCUT2D eigenvalue weighted by Crippen LogP contribution is 2.30. The lowest BCUT2D eigenvalue weighted by Gasteiger charge is -2.47. The molecule has 3 heteroatoms. The standard InChI is InChI=1S/C26H53NO2/c1-7-22-26(25(28)29,27(4,5)6)23-20-18-16-14-12-10-8-9-11-13-15-17-19-21-24(2)3/h24H,7-23H2,1-6H3. The lowest BCUT2D eigenvalue weighted by atomic mass is 9.84. The number of unbranched alkanes of at least 4 members (excludes halogenated alkanes) is 12. The van der Waals surface area contributed by atoms with E-state index in [1.165, 1.54) is 77.0 Å². The molecule has 0 fully saturated rings. The van der Waals surface area contributed by atoms with Crippen LogP contribution in [-0.4, -0.2) is 37.1 Å². The minimum Gasteiger partial charge on any atom is -0.544 e. The van der Waals surface area contributed by atoms with Gasteiger partial charge in [-0.05, 0) is 18.8 Å². The second kappa shape index (κ2) is 16.2. The first-order chi connectivity index (χ1) is 13.7. The Morgan fingerprint density at radius 2 is 1.10 bits per heavy atom. The van der Waals surface area contributed by atoms with Crippen LogP contribution in [0.2, 0.25) is 0 Å². The largest absolute Gasteiger partial charge is 0.544 e. The van der Waals surface area contributed by atoms with Crippen molar-refractivity contribution >= 4 is 5.97 Å². The number of carbonyl (C=O) groups excluding carboxylic acids is 1. The van der Waals surface area contributed by atoms with Crippen molar-refractivity contribution in [1.29, 1.82) is 0 Å². The van der Waals surface area contributed by atoms with Crippen molar-refractivity contribution in [3.8, 4) is 0 Å². The molecule has 0 aromatic carbocycles. The molecule has 29 heavy (non-hydrogen) atoms. The lowest BCUT2D eigenvalue weighted by Crippen LogP contribution is -2.66. The van der Waals surface area contributed by atoms with Crippen LogP contribution in [0.3, 0.4) is 0 Å². The summed E-state index contributed by atoms with van der Waals surface area (Å²) in [6.45, 7) is 6.71. The number of aliphatic carboxylic acids is 1. The van der Waals surface area contributed by atoms with E-state index in [9.17, 15) is 9.90 Å². The Morgan fingerprint density at radius 1 is 0.724 bits per heavy atom. The summed E-state index contributed by atoms with van der Waals surface area (Å²) in [6, 6.07) is 0. The minimum absolute atomic E-state index is 0.459. The molecule has 0 rings (SSSR count). The molecule has 174 valence electrons. The number of hydrogen-bond acceptors (Lipinski definition) is 2. The Bertz CT molecular complexity index is 400. The van der Waals surface area contributed by atoms with Gasteiger partial charge in [-0.1, -0.05) is 104 Å². The Labute approximate surface area is 183 Å². The molecule has 0 aliphatic heterocycles. The van der Waals surface area contributed by atoms with Gasteiger partial charge < -0.3 is 14.4 Å². The molecule has 0 spiro atoms. The van der Waals surface area contributed by atoms with Gasteiger partial charge in [0.05, 0.1) is 21.1 Å². The van der Waals surface area contributed by atoms with Crippen LogP contribution in [0.5, 0.6) is 0 Å². The molecule has 0 aromatic rings. The number of nitrogens with zero attached hydrogens (tertiary/aromatic N) is 1. The summed E-state index contributed by atoms with van der Waals surface area (Å²) in [4.78, 5) is 11.9. The maximum Gasteiger partial charge on any atom is 0.139 e. The van der Waals surface area contributed by atoms with Crippen molar-refractivity contribution in [2.75, 3.05) is 21.1 Å². The topological polar surface area (TPSA) is 40.1 Å². The first kappa shape index (κ1) is 28.4. The van der Waals surface area contributed by atoms with E-state index in [1.54, 1.807) is 0 Å². The van der Waals surface area contributed by atoms with Crippen LogP contribution in [0, 0.1) is 5.92 Å². The van der Waals surface area contributed by atoms with Crippen LogP contribution in [0.1, 0.15) is 130 Å². The summed E-state index contributed by atoms with van der Waals surface area (Å²) in [7, 11) is 5.99. The number of hydrogen-bond donors (Lipinski definition) is 0. The fraction of sp³-hybridized carbons (Fsp3) is 0.962. The van der Waals surface area contributed by atoms with E-state index < -0.39 is 11.5 Å². The highest BCUT2D eigenvalue weighted by atomic mass is 16.4. The quantitative estimate of drug-likeness (QED) is 0.170. The average Bonchev–Trinajstić information content (AvgIpc) is 2.62. The molecule has 1 atom stereocenters. The molecule has 0 amide bonds. The monoisotopic (exact) mass is 411 g/mol. The smallest absolute Gasteiger partial charge is 0.139 e. The summed E-state index contributed by atoms with van der Waals surface area (Å²) >= 11 is 0. The SMILES string of the molecule is CCCC(CCCCCCCCCCCCCCCC(C)C)(C(=O)[O-])[N+](C)(C)C. The van der Waals surface area contributed by atoms with E-state index in [0.29, 0.717) is 10.9 Å². The van der Waals surface area contributed by atoms with Crippen LogP contribution in [0.4, 0.5) is 0 Å². The minimum atomic E-state index is -0.869. The fourth-order valence-electron chi connectivity index (χ4n) is 4.60. The lowest BCUT2D eigenvalue weighted by molar-refractivity contribution is -0.917. The van der Waals surface area contributed by atoms with Crippen molar-refractivity contribution in [2.45, 2.75) is 135 Å². The van der Waals surface area contributed by atoms with E-state index in [1.807, 2.05) is 21.1 Å². The van der Waals surface area contributed by atoms with Gasteiger partial charge in [0.15, 0.2) is 0 Å². The highest BCUT2D eigenvalue weighted by molar-refractivity contribution is 5.75. The molecule has 0 N–H and O–H groups in total. The molecular formula is C26H53NO2. The van der Waals surface area contributed by atoms with Gasteiger partial charge >= 0.3 is 0 Å². The molecule has 1 unspecified atom stereocenters. The molecule has 0 saturated carbocycles. The van der Waals surface area contributed by atoms with Gasteiger partial charge in [-0.2, -0.15) is 0 Å². The van der Waals surface area contributed by atoms with Crippen molar-refractivity contribution in [1.82, 2.24) is 0 Å². The van der Waals surface area contributed by atoms with Crippen LogP contribution >= 0.6 is 0 Å². The van der Waals surface area contributed by atoms with Crippen molar-refractivity contribution in [3.05, 3.63) is 0 Å². The average molecular weight is 412 g/mol. The van der Waals surface area contributed by atoms with Gasteiger partial charge in [0.1, 0.15) is 11.5 Å². The molecule has 0 heterocycles. The number of rotatable bonds is 20. The maximum atomic E-state index is 11.9. The summed E-state index contributed by atoms with van der Waals surface area (Å²) < 4.78 is 0.459. The number of carbonyl (C=O) groups is 1. The number of likely N-dealkylation sites (N-methyl/N-ethyl adjacent to an activating group) is 1. The fourth-order valence-corrected chi connectivity index (χ4v) is 4.60. The van der Waals surface area contributed by atoms with Gasteiger partial charge in [0.25, 0.3) is 0 Å². The van der Waals surface area contributed by atoms with Crippen LogP contribution in [-0.2, 0) is 4.79 Å². The summed E-state index contributed by atoms with van der Waals surface area (Å²) in [6.07, 6.45) is 21.0. The van der Waals surface area contributed by atoms with Crippen LogP contribution in [0.15, 0.2) is 0 Å². The third kappa shape index (κ3) is 12.7. The van der Waals surface area contributed by atoms with Gasteiger partial charge in [0.2, 0.25) is 0 Å². The Balaban J connectivity index is 3.68. The molecule has 0 aliphatic carbocycles. The van der Waals surface area contributed by atoms with Crippen molar-refractivity contribution in [2.24, 2.45) is 5.92 Å². The molecule has 0 aromatic heterocycles. The van der Waals surface area contributed by atoms with E-state index in [2.05, 4.69) is 20.8 Å².